The van der Waals surface area contributed by atoms with E-state index in [2.05, 4.69) is 135 Å². The second-order valence-electron chi connectivity index (χ2n) is 12.0. The predicted octanol–water partition coefficient (Wildman–Crippen LogP) is 10.3. The fourth-order valence-corrected chi connectivity index (χ4v) is 7.05. The molecule has 0 N–H and O–H groups in total. The van der Waals surface area contributed by atoms with Gasteiger partial charge in [-0.2, -0.15) is 0 Å². The SMILES string of the molecule is c1cc(-c2cccc(N3c4ccccc4-c4nc5ccc6ncccc6c5n4-c4ccncc43)c2)cc(-c2ccc3ccccc3n2)c1. The van der Waals surface area contributed by atoms with Crippen LogP contribution >= 0.6 is 0 Å². The maximum absolute atomic E-state index is 5.24. The molecule has 0 spiro atoms. The van der Waals surface area contributed by atoms with Crippen molar-refractivity contribution in [2.75, 3.05) is 4.90 Å². The van der Waals surface area contributed by atoms with Crippen LogP contribution in [0.15, 0.2) is 158 Å². The Morgan fingerprint density at radius 2 is 1.33 bits per heavy atom. The Morgan fingerprint density at radius 3 is 2.31 bits per heavy atom. The standard InChI is InChI=1S/C42H26N6/c1-3-15-34-27(8-1)17-18-35(45-34)30-11-5-9-28(24-30)29-10-6-12-31(25-29)47-38-16-4-2-13-33(38)42-46-37-20-19-36-32(14-7-22-44-36)41(37)48(42)39-21-23-43-26-40(39)47/h1-26H. The van der Waals surface area contributed by atoms with E-state index < -0.39 is 0 Å². The minimum absolute atomic E-state index is 0.888. The van der Waals surface area contributed by atoms with E-state index >= 15 is 0 Å². The van der Waals surface area contributed by atoms with Gasteiger partial charge in [-0.3, -0.25) is 14.5 Å². The molecule has 48 heavy (non-hydrogen) atoms. The summed E-state index contributed by atoms with van der Waals surface area (Å²) < 4.78 is 2.28. The first-order valence-corrected chi connectivity index (χ1v) is 16.0. The van der Waals surface area contributed by atoms with E-state index in [1.54, 1.807) is 0 Å². The molecule has 0 radical (unpaired) electrons. The van der Waals surface area contributed by atoms with Crippen molar-refractivity contribution in [2.24, 2.45) is 0 Å². The van der Waals surface area contributed by atoms with E-state index in [4.69, 9.17) is 9.97 Å². The van der Waals surface area contributed by atoms with E-state index in [1.807, 2.05) is 42.9 Å². The summed E-state index contributed by atoms with van der Waals surface area (Å²) in [6.45, 7) is 0. The van der Waals surface area contributed by atoms with Crippen molar-refractivity contribution >= 4 is 49.9 Å². The molecule has 1 aliphatic heterocycles. The Labute approximate surface area is 276 Å². The molecular weight excluding hydrogens is 589 g/mol. The molecule has 0 unspecified atom stereocenters. The van der Waals surface area contributed by atoms with Gasteiger partial charge in [-0.25, -0.2) is 9.97 Å². The number of nitrogens with zero attached hydrogens (tertiary/aromatic N) is 6. The summed E-state index contributed by atoms with van der Waals surface area (Å²) >= 11 is 0. The lowest BCUT2D eigenvalue weighted by Gasteiger charge is -2.27. The van der Waals surface area contributed by atoms with E-state index in [9.17, 15) is 0 Å². The van der Waals surface area contributed by atoms with Gasteiger partial charge in [0.15, 0.2) is 0 Å². The van der Waals surface area contributed by atoms with Gasteiger partial charge in [0, 0.05) is 40.0 Å². The van der Waals surface area contributed by atoms with Gasteiger partial charge >= 0.3 is 0 Å². The highest BCUT2D eigenvalue weighted by Crippen LogP contribution is 2.48. The summed E-state index contributed by atoms with van der Waals surface area (Å²) in [5.74, 6) is 0.888. The Balaban J connectivity index is 1.15. The minimum Gasteiger partial charge on any atom is -0.306 e. The summed E-state index contributed by atoms with van der Waals surface area (Å²) in [5.41, 5.74) is 13.2. The number of fused-ring (bicyclic) bond motifs is 10. The number of imidazole rings is 1. The number of hydrogen-bond donors (Lipinski definition) is 0. The van der Waals surface area contributed by atoms with Gasteiger partial charge in [0.2, 0.25) is 0 Å². The number of pyridine rings is 3. The zero-order valence-corrected chi connectivity index (χ0v) is 25.7. The normalized spacial score (nSPS) is 12.1. The topological polar surface area (TPSA) is 59.7 Å². The summed E-state index contributed by atoms with van der Waals surface area (Å²) in [6, 6.07) is 48.6. The number of benzene rings is 5. The molecule has 224 valence electrons. The highest BCUT2D eigenvalue weighted by atomic mass is 15.2. The van der Waals surface area contributed by atoms with Gasteiger partial charge < -0.3 is 4.90 Å². The third-order valence-corrected chi connectivity index (χ3v) is 9.24. The summed E-state index contributed by atoms with van der Waals surface area (Å²) in [7, 11) is 0. The molecule has 1 aliphatic rings. The molecule has 6 heteroatoms. The van der Waals surface area contributed by atoms with Crippen LogP contribution in [-0.4, -0.2) is 24.5 Å². The molecule has 0 amide bonds. The quantitative estimate of drug-likeness (QED) is 0.198. The summed E-state index contributed by atoms with van der Waals surface area (Å²) in [4.78, 5) is 21.8. The monoisotopic (exact) mass is 614 g/mol. The molecule has 0 fully saturated rings. The van der Waals surface area contributed by atoms with Crippen molar-refractivity contribution in [2.45, 2.75) is 0 Å². The van der Waals surface area contributed by atoms with Crippen LogP contribution in [0.5, 0.6) is 0 Å². The zero-order valence-electron chi connectivity index (χ0n) is 25.7. The van der Waals surface area contributed by atoms with Crippen LogP contribution in [-0.2, 0) is 0 Å². The van der Waals surface area contributed by atoms with Gasteiger partial charge in [0.1, 0.15) is 5.82 Å². The van der Waals surface area contributed by atoms with Crippen LogP contribution in [0.2, 0.25) is 0 Å². The van der Waals surface area contributed by atoms with E-state index in [1.165, 1.54) is 0 Å². The molecule has 0 saturated carbocycles. The first-order chi connectivity index (χ1) is 23.8. The van der Waals surface area contributed by atoms with Gasteiger partial charge in [0.05, 0.1) is 51.0 Å². The third kappa shape index (κ3) is 4.06. The average molecular weight is 615 g/mol. The Kier molecular flexibility index (Phi) is 5.77. The number of anilines is 3. The highest BCUT2D eigenvalue weighted by molar-refractivity contribution is 6.07. The largest absolute Gasteiger partial charge is 0.306 e. The third-order valence-electron chi connectivity index (χ3n) is 9.24. The Hall–Kier alpha value is -6.66. The molecule has 4 aromatic heterocycles. The lowest BCUT2D eigenvalue weighted by Crippen LogP contribution is -2.12. The van der Waals surface area contributed by atoms with Crippen LogP contribution in [0.4, 0.5) is 17.1 Å². The van der Waals surface area contributed by atoms with Gasteiger partial charge in [-0.05, 0) is 83.9 Å². The first-order valence-electron chi connectivity index (χ1n) is 16.0. The minimum atomic E-state index is 0.888. The van der Waals surface area contributed by atoms with Gasteiger partial charge in [-0.1, -0.05) is 66.7 Å². The smallest absolute Gasteiger partial charge is 0.147 e. The van der Waals surface area contributed by atoms with Crippen molar-refractivity contribution in [3.8, 4) is 39.5 Å². The van der Waals surface area contributed by atoms with Crippen LogP contribution in [0.1, 0.15) is 0 Å². The van der Waals surface area contributed by atoms with Crippen molar-refractivity contribution in [1.82, 2.24) is 24.5 Å². The molecule has 0 bridgehead atoms. The first kappa shape index (κ1) is 26.5. The lowest BCUT2D eigenvalue weighted by atomic mass is 10.00. The second-order valence-corrected chi connectivity index (χ2v) is 12.0. The summed E-state index contributed by atoms with van der Waals surface area (Å²) in [5, 5.41) is 2.20. The molecule has 10 rings (SSSR count). The van der Waals surface area contributed by atoms with E-state index in [0.29, 0.717) is 0 Å². The van der Waals surface area contributed by atoms with Crippen LogP contribution in [0.25, 0.3) is 72.3 Å². The van der Waals surface area contributed by atoms with E-state index in [-0.39, 0.29) is 0 Å². The molecule has 5 aromatic carbocycles. The molecular formula is C42H26N6. The van der Waals surface area contributed by atoms with Gasteiger partial charge in [-0.15, -0.1) is 0 Å². The predicted molar refractivity (Wildman–Crippen MR) is 194 cm³/mol. The Bertz CT molecular complexity index is 2710. The fraction of sp³-hybridized carbons (Fsp3) is 0. The van der Waals surface area contributed by atoms with Crippen molar-refractivity contribution < 1.29 is 0 Å². The Morgan fingerprint density at radius 1 is 0.500 bits per heavy atom. The number of rotatable bonds is 3. The number of para-hydroxylation sites is 2. The summed E-state index contributed by atoms with van der Waals surface area (Å²) in [6.07, 6.45) is 5.65. The maximum Gasteiger partial charge on any atom is 0.147 e. The molecule has 0 saturated heterocycles. The van der Waals surface area contributed by atoms with Crippen LogP contribution < -0.4 is 4.90 Å². The highest BCUT2D eigenvalue weighted by Gasteiger charge is 2.29. The maximum atomic E-state index is 5.24. The van der Waals surface area contributed by atoms with Crippen molar-refractivity contribution in [3.05, 3.63) is 158 Å². The second kappa shape index (κ2) is 10.4. The van der Waals surface area contributed by atoms with Crippen LogP contribution in [0, 0.1) is 0 Å². The average Bonchev–Trinajstić information content (AvgIpc) is 3.50. The molecule has 6 nitrogen and oxygen atoms in total. The van der Waals surface area contributed by atoms with E-state index in [0.717, 1.165) is 89.4 Å². The van der Waals surface area contributed by atoms with Crippen molar-refractivity contribution in [3.63, 3.8) is 0 Å². The number of aromatic nitrogens is 5. The number of hydrogen-bond acceptors (Lipinski definition) is 5. The molecule has 0 aliphatic carbocycles. The lowest BCUT2D eigenvalue weighted by molar-refractivity contribution is 1.10. The van der Waals surface area contributed by atoms with Gasteiger partial charge in [0.25, 0.3) is 0 Å². The molecule has 9 aromatic rings. The zero-order chi connectivity index (χ0) is 31.6. The molecule has 5 heterocycles. The van der Waals surface area contributed by atoms with Crippen LogP contribution in [0.3, 0.4) is 0 Å². The molecule has 0 atom stereocenters. The van der Waals surface area contributed by atoms with Crippen molar-refractivity contribution in [1.29, 1.82) is 0 Å². The fourth-order valence-electron chi connectivity index (χ4n) is 7.05.